The van der Waals surface area contributed by atoms with Crippen molar-refractivity contribution in [3.63, 3.8) is 0 Å². The van der Waals surface area contributed by atoms with E-state index in [0.29, 0.717) is 5.41 Å². The van der Waals surface area contributed by atoms with Crippen LogP contribution in [0.15, 0.2) is 24.3 Å². The second-order valence-electron chi connectivity index (χ2n) is 5.90. The maximum Gasteiger partial charge on any atom is 0.0841 e. The summed E-state index contributed by atoms with van der Waals surface area (Å²) in [5, 5.41) is 9.52. The Morgan fingerprint density at radius 3 is 2.63 bits per heavy atom. The summed E-state index contributed by atoms with van der Waals surface area (Å²) in [7, 11) is 0. The molecule has 0 radical (unpaired) electrons. The number of aryl methyl sites for hydroxylation is 1. The molecule has 104 valence electrons. The molecule has 0 aliphatic carbocycles. The Kier molecular flexibility index (Phi) is 4.25. The monoisotopic (exact) mass is 259 g/mol. The number of para-hydroxylation sites is 1. The summed E-state index contributed by atoms with van der Waals surface area (Å²) in [6.07, 6.45) is 1.18. The first-order valence-corrected chi connectivity index (χ1v) is 7.22. The highest BCUT2D eigenvalue weighted by Gasteiger charge is 2.15. The second kappa shape index (κ2) is 5.74. The van der Waals surface area contributed by atoms with Crippen molar-refractivity contribution in [2.75, 3.05) is 6.54 Å². The molecule has 0 aliphatic rings. The second-order valence-corrected chi connectivity index (χ2v) is 5.90. The first-order chi connectivity index (χ1) is 9.07. The fourth-order valence-electron chi connectivity index (χ4n) is 2.21. The van der Waals surface area contributed by atoms with E-state index in [1.807, 2.05) is 0 Å². The van der Waals surface area contributed by atoms with Crippen LogP contribution >= 0.6 is 0 Å². The molecule has 1 aromatic carbocycles. The zero-order valence-electron chi connectivity index (χ0n) is 12.5. The Balaban J connectivity index is 2.13. The highest BCUT2D eigenvalue weighted by atomic mass is 15.3. The summed E-state index contributed by atoms with van der Waals surface area (Å²) >= 11 is 0. The largest absolute Gasteiger partial charge is 0.311 e. The van der Waals surface area contributed by atoms with Gasteiger partial charge in [-0.25, -0.2) is 0 Å². The Bertz CT molecular complexity index is 540. The van der Waals surface area contributed by atoms with Crippen molar-refractivity contribution in [3.05, 3.63) is 30.0 Å². The maximum atomic E-state index is 4.71. The van der Waals surface area contributed by atoms with Crippen molar-refractivity contribution >= 4 is 10.9 Å². The standard InChI is InChI=1S/C16H25N3/c1-5-16(3,4)12-17-11-14-13-9-7-8-10-15(13)19(6-2)18-14/h7-10,17H,5-6,11-12H2,1-4H3. The van der Waals surface area contributed by atoms with Gasteiger partial charge >= 0.3 is 0 Å². The zero-order chi connectivity index (χ0) is 13.9. The molecule has 1 aromatic heterocycles. The Hall–Kier alpha value is -1.35. The lowest BCUT2D eigenvalue weighted by molar-refractivity contribution is 0.327. The third-order valence-corrected chi connectivity index (χ3v) is 3.89. The number of hydrogen-bond acceptors (Lipinski definition) is 2. The summed E-state index contributed by atoms with van der Waals surface area (Å²) < 4.78 is 2.08. The Morgan fingerprint density at radius 2 is 1.95 bits per heavy atom. The topological polar surface area (TPSA) is 29.9 Å². The van der Waals surface area contributed by atoms with Gasteiger partial charge in [0, 0.05) is 25.0 Å². The third-order valence-electron chi connectivity index (χ3n) is 3.89. The molecule has 3 nitrogen and oxygen atoms in total. The van der Waals surface area contributed by atoms with Crippen LogP contribution in [0.4, 0.5) is 0 Å². The fourth-order valence-corrected chi connectivity index (χ4v) is 2.21. The molecular weight excluding hydrogens is 234 g/mol. The van der Waals surface area contributed by atoms with E-state index < -0.39 is 0 Å². The van der Waals surface area contributed by atoms with Gasteiger partial charge in [0.1, 0.15) is 0 Å². The maximum absolute atomic E-state index is 4.71. The summed E-state index contributed by atoms with van der Waals surface area (Å²) in [6.45, 7) is 11.7. The lowest BCUT2D eigenvalue weighted by atomic mass is 9.90. The van der Waals surface area contributed by atoms with Gasteiger partial charge in [0.15, 0.2) is 0 Å². The van der Waals surface area contributed by atoms with E-state index in [-0.39, 0.29) is 0 Å². The summed E-state index contributed by atoms with van der Waals surface area (Å²) in [6, 6.07) is 8.47. The Morgan fingerprint density at radius 1 is 1.21 bits per heavy atom. The van der Waals surface area contributed by atoms with Crippen molar-refractivity contribution in [2.45, 2.75) is 47.2 Å². The van der Waals surface area contributed by atoms with Crippen LogP contribution in [0.25, 0.3) is 10.9 Å². The molecule has 0 amide bonds. The van der Waals surface area contributed by atoms with Gasteiger partial charge in [-0.2, -0.15) is 5.10 Å². The van der Waals surface area contributed by atoms with Crippen LogP contribution in [0.1, 0.15) is 39.8 Å². The molecule has 19 heavy (non-hydrogen) atoms. The molecule has 2 aromatic rings. The molecule has 0 unspecified atom stereocenters. The van der Waals surface area contributed by atoms with Gasteiger partial charge in [-0.3, -0.25) is 4.68 Å². The third kappa shape index (κ3) is 3.16. The molecule has 2 rings (SSSR count). The van der Waals surface area contributed by atoms with E-state index in [9.17, 15) is 0 Å². The van der Waals surface area contributed by atoms with Crippen molar-refractivity contribution in [2.24, 2.45) is 5.41 Å². The smallest absolute Gasteiger partial charge is 0.0841 e. The van der Waals surface area contributed by atoms with Crippen molar-refractivity contribution < 1.29 is 0 Å². The summed E-state index contributed by atoms with van der Waals surface area (Å²) in [5.74, 6) is 0. The van der Waals surface area contributed by atoms with Gasteiger partial charge in [0.2, 0.25) is 0 Å². The first-order valence-electron chi connectivity index (χ1n) is 7.22. The van der Waals surface area contributed by atoms with E-state index in [2.05, 4.69) is 62.0 Å². The average molecular weight is 259 g/mol. The van der Waals surface area contributed by atoms with E-state index in [1.165, 1.54) is 17.3 Å². The van der Waals surface area contributed by atoms with Gasteiger partial charge < -0.3 is 5.32 Å². The molecule has 0 fully saturated rings. The Labute approximate surface area is 116 Å². The van der Waals surface area contributed by atoms with Crippen molar-refractivity contribution in [3.8, 4) is 0 Å². The normalized spacial score (nSPS) is 12.2. The number of aromatic nitrogens is 2. The van der Waals surface area contributed by atoms with Crippen LogP contribution in [-0.4, -0.2) is 16.3 Å². The number of rotatable bonds is 6. The lowest BCUT2D eigenvalue weighted by Gasteiger charge is -2.22. The van der Waals surface area contributed by atoms with E-state index in [4.69, 9.17) is 5.10 Å². The number of nitrogens with zero attached hydrogens (tertiary/aromatic N) is 2. The quantitative estimate of drug-likeness (QED) is 0.859. The molecule has 0 aliphatic heterocycles. The molecule has 0 bridgehead atoms. The highest BCUT2D eigenvalue weighted by Crippen LogP contribution is 2.20. The molecule has 0 saturated heterocycles. The van der Waals surface area contributed by atoms with Crippen molar-refractivity contribution in [1.29, 1.82) is 0 Å². The predicted octanol–water partition coefficient (Wildman–Crippen LogP) is 3.58. The van der Waals surface area contributed by atoms with Crippen LogP contribution in [0, 0.1) is 5.41 Å². The summed E-state index contributed by atoms with van der Waals surface area (Å²) in [4.78, 5) is 0. The van der Waals surface area contributed by atoms with Crippen LogP contribution in [0.5, 0.6) is 0 Å². The van der Waals surface area contributed by atoms with Gasteiger partial charge in [-0.05, 0) is 24.8 Å². The molecule has 3 heteroatoms. The molecular formula is C16H25N3. The zero-order valence-corrected chi connectivity index (χ0v) is 12.5. The number of benzene rings is 1. The van der Waals surface area contributed by atoms with Gasteiger partial charge in [0.25, 0.3) is 0 Å². The molecule has 0 saturated carbocycles. The van der Waals surface area contributed by atoms with Crippen LogP contribution in [0.2, 0.25) is 0 Å². The number of nitrogens with one attached hydrogen (secondary N) is 1. The number of fused-ring (bicyclic) bond motifs is 1. The van der Waals surface area contributed by atoms with E-state index >= 15 is 0 Å². The fraction of sp³-hybridized carbons (Fsp3) is 0.562. The van der Waals surface area contributed by atoms with Gasteiger partial charge in [-0.1, -0.05) is 39.0 Å². The predicted molar refractivity (Wildman–Crippen MR) is 81.2 cm³/mol. The molecule has 1 heterocycles. The van der Waals surface area contributed by atoms with Crippen molar-refractivity contribution in [1.82, 2.24) is 15.1 Å². The minimum atomic E-state index is 0.350. The SMILES string of the molecule is CCn1nc(CNCC(C)(C)CC)c2ccccc21. The minimum absolute atomic E-state index is 0.350. The summed E-state index contributed by atoms with van der Waals surface area (Å²) in [5.41, 5.74) is 2.74. The molecule has 0 spiro atoms. The minimum Gasteiger partial charge on any atom is -0.311 e. The first kappa shape index (κ1) is 14.1. The van der Waals surface area contributed by atoms with Gasteiger partial charge in [0.05, 0.1) is 11.2 Å². The van der Waals surface area contributed by atoms with Crippen LogP contribution < -0.4 is 5.32 Å². The number of hydrogen-bond donors (Lipinski definition) is 1. The van der Waals surface area contributed by atoms with E-state index in [1.54, 1.807) is 0 Å². The van der Waals surface area contributed by atoms with Gasteiger partial charge in [-0.15, -0.1) is 0 Å². The van der Waals surface area contributed by atoms with Crippen LogP contribution in [0.3, 0.4) is 0 Å². The highest BCUT2D eigenvalue weighted by molar-refractivity contribution is 5.81. The molecule has 0 atom stereocenters. The molecule has 1 N–H and O–H groups in total. The average Bonchev–Trinajstić information content (AvgIpc) is 2.77. The van der Waals surface area contributed by atoms with Crippen LogP contribution in [-0.2, 0) is 13.1 Å². The lowest BCUT2D eigenvalue weighted by Crippen LogP contribution is -2.28. The van der Waals surface area contributed by atoms with E-state index in [0.717, 1.165) is 25.3 Å².